The molecule has 0 bridgehead atoms. The van der Waals surface area contributed by atoms with Gasteiger partial charge in [0.05, 0.1) is 5.69 Å². The fourth-order valence-corrected chi connectivity index (χ4v) is 5.20. The highest BCUT2D eigenvalue weighted by Gasteiger charge is 2.20. The first-order valence-corrected chi connectivity index (χ1v) is 11.2. The molecule has 0 aliphatic heterocycles. The number of aryl methyl sites for hydroxylation is 1. The number of ether oxygens (including phenoxy) is 1. The molecule has 0 atom stereocenters. The van der Waals surface area contributed by atoms with E-state index in [1.165, 1.54) is 11.3 Å². The van der Waals surface area contributed by atoms with Crippen molar-refractivity contribution in [2.75, 3.05) is 5.32 Å². The highest BCUT2D eigenvalue weighted by Crippen LogP contribution is 2.36. The van der Waals surface area contributed by atoms with Crippen molar-refractivity contribution in [3.8, 4) is 5.75 Å². The number of aromatic nitrogens is 1. The molecule has 152 valence electrons. The fraction of sp³-hybridized carbons (Fsp3) is 0.167. The Hall–Kier alpha value is -2.70. The average Bonchev–Trinajstić information content (AvgIpc) is 3.09. The van der Waals surface area contributed by atoms with Gasteiger partial charge in [0.15, 0.2) is 0 Å². The number of nitrogens with zero attached hydrogens (tertiary/aromatic N) is 1. The Morgan fingerprint density at radius 2 is 1.73 bits per heavy atom. The second-order valence-corrected chi connectivity index (χ2v) is 8.94. The lowest BCUT2D eigenvalue weighted by molar-refractivity contribution is 0.102. The second-order valence-electron chi connectivity index (χ2n) is 7.09. The van der Waals surface area contributed by atoms with Gasteiger partial charge in [-0.25, -0.2) is 4.98 Å². The molecule has 4 aromatic rings. The molecule has 2 aromatic carbocycles. The summed E-state index contributed by atoms with van der Waals surface area (Å²) in [5.74, 6) is 1.15. The molecule has 0 unspecified atom stereocenters. The van der Waals surface area contributed by atoms with Crippen LogP contribution in [0.1, 0.15) is 32.1 Å². The highest BCUT2D eigenvalue weighted by atomic mass is 79.9. The maximum absolute atomic E-state index is 13.0. The molecular weight excluding hydrogens is 460 g/mol. The van der Waals surface area contributed by atoms with Crippen LogP contribution < -0.4 is 10.1 Å². The molecule has 0 fully saturated rings. The first kappa shape index (κ1) is 20.6. The van der Waals surface area contributed by atoms with E-state index in [0.717, 1.165) is 42.7 Å². The number of hydrogen-bond donors (Lipinski definition) is 1. The number of hydrogen-bond acceptors (Lipinski definition) is 4. The largest absolute Gasteiger partial charge is 0.487 e. The van der Waals surface area contributed by atoms with E-state index in [1.54, 1.807) is 0 Å². The predicted molar refractivity (Wildman–Crippen MR) is 127 cm³/mol. The van der Waals surface area contributed by atoms with Crippen LogP contribution in [-0.2, 0) is 6.61 Å². The first-order chi connectivity index (χ1) is 14.5. The van der Waals surface area contributed by atoms with Gasteiger partial charge < -0.3 is 10.1 Å². The zero-order valence-corrected chi connectivity index (χ0v) is 19.4. The summed E-state index contributed by atoms with van der Waals surface area (Å²) in [4.78, 5) is 18.2. The number of anilines is 1. The topological polar surface area (TPSA) is 51.2 Å². The molecule has 1 N–H and O–H groups in total. The van der Waals surface area contributed by atoms with E-state index in [-0.39, 0.29) is 5.91 Å². The Kier molecular flexibility index (Phi) is 5.88. The molecule has 1 amide bonds. The number of benzene rings is 2. The van der Waals surface area contributed by atoms with Crippen LogP contribution in [-0.4, -0.2) is 10.9 Å². The van der Waals surface area contributed by atoms with Gasteiger partial charge in [0.2, 0.25) is 0 Å². The van der Waals surface area contributed by atoms with Crippen LogP contribution in [0.25, 0.3) is 10.1 Å². The summed E-state index contributed by atoms with van der Waals surface area (Å²) >= 11 is 5.04. The van der Waals surface area contributed by atoms with Crippen LogP contribution in [0.3, 0.4) is 0 Å². The number of halogens is 1. The van der Waals surface area contributed by atoms with Gasteiger partial charge in [-0.05, 0) is 59.5 Å². The minimum Gasteiger partial charge on any atom is -0.487 e. The van der Waals surface area contributed by atoms with Gasteiger partial charge in [0, 0.05) is 14.6 Å². The molecule has 4 rings (SSSR count). The van der Waals surface area contributed by atoms with Gasteiger partial charge in [0.25, 0.3) is 5.91 Å². The summed E-state index contributed by atoms with van der Waals surface area (Å²) in [7, 11) is 0. The van der Waals surface area contributed by atoms with Gasteiger partial charge in [-0.3, -0.25) is 4.79 Å². The first-order valence-electron chi connectivity index (χ1n) is 9.58. The average molecular weight is 481 g/mol. The molecule has 0 spiro atoms. The maximum atomic E-state index is 13.0. The predicted octanol–water partition coefficient (Wildman–Crippen LogP) is 6.82. The van der Waals surface area contributed by atoms with Crippen molar-refractivity contribution in [3.05, 3.63) is 86.3 Å². The lowest BCUT2D eigenvalue weighted by Gasteiger charge is -2.17. The third-order valence-corrected chi connectivity index (χ3v) is 7.32. The maximum Gasteiger partial charge on any atom is 0.268 e. The number of carbonyl (C=O) groups excluding carboxylic acids is 1. The SMILES string of the molecule is Cc1nc(NC(=O)c2sc3ccccc3c2Br)c(C)c(C)c1OCc1ccccc1. The molecule has 0 saturated carbocycles. The molecule has 4 nitrogen and oxygen atoms in total. The van der Waals surface area contributed by atoms with Crippen LogP contribution in [0.15, 0.2) is 59.1 Å². The molecule has 0 radical (unpaired) electrons. The minimum absolute atomic E-state index is 0.171. The zero-order valence-electron chi connectivity index (χ0n) is 17.0. The monoisotopic (exact) mass is 480 g/mol. The smallest absolute Gasteiger partial charge is 0.268 e. The number of carbonyl (C=O) groups is 1. The van der Waals surface area contributed by atoms with Crippen molar-refractivity contribution in [2.24, 2.45) is 0 Å². The van der Waals surface area contributed by atoms with Gasteiger partial charge >= 0.3 is 0 Å². The number of rotatable bonds is 5. The summed E-state index contributed by atoms with van der Waals surface area (Å²) in [6.07, 6.45) is 0. The summed E-state index contributed by atoms with van der Waals surface area (Å²) in [5, 5.41) is 4.02. The highest BCUT2D eigenvalue weighted by molar-refractivity contribution is 9.10. The third-order valence-electron chi connectivity index (χ3n) is 5.07. The molecular formula is C24H21BrN2O2S. The van der Waals surface area contributed by atoms with E-state index in [0.29, 0.717) is 17.3 Å². The second kappa shape index (κ2) is 8.58. The summed E-state index contributed by atoms with van der Waals surface area (Å²) in [6, 6.07) is 18.0. The van der Waals surface area contributed by atoms with Gasteiger partial charge in [-0.15, -0.1) is 11.3 Å². The lowest BCUT2D eigenvalue weighted by atomic mass is 10.1. The van der Waals surface area contributed by atoms with Gasteiger partial charge in [-0.2, -0.15) is 0 Å². The van der Waals surface area contributed by atoms with Crippen LogP contribution in [0.2, 0.25) is 0 Å². The number of amides is 1. The van der Waals surface area contributed by atoms with E-state index in [2.05, 4.69) is 26.2 Å². The van der Waals surface area contributed by atoms with Gasteiger partial charge in [-0.1, -0.05) is 48.5 Å². The third kappa shape index (κ3) is 3.98. The lowest BCUT2D eigenvalue weighted by Crippen LogP contribution is -2.15. The number of thiophene rings is 1. The van der Waals surface area contributed by atoms with Crippen molar-refractivity contribution in [1.82, 2.24) is 4.98 Å². The van der Waals surface area contributed by atoms with Crippen molar-refractivity contribution in [3.63, 3.8) is 0 Å². The molecule has 0 aliphatic rings. The summed E-state index contributed by atoms with van der Waals surface area (Å²) in [5.41, 5.74) is 3.72. The fourth-order valence-electron chi connectivity index (χ4n) is 3.31. The quantitative estimate of drug-likeness (QED) is 0.341. The normalized spacial score (nSPS) is 10.9. The Labute approximate surface area is 188 Å². The van der Waals surface area contributed by atoms with Crippen LogP contribution >= 0.6 is 27.3 Å². The zero-order chi connectivity index (χ0) is 21.3. The summed E-state index contributed by atoms with van der Waals surface area (Å²) in [6.45, 7) is 6.32. The van der Waals surface area contributed by atoms with Gasteiger partial charge in [0.1, 0.15) is 23.1 Å². The van der Waals surface area contributed by atoms with Crippen LogP contribution in [0.5, 0.6) is 5.75 Å². The van der Waals surface area contributed by atoms with E-state index in [1.807, 2.05) is 75.4 Å². The molecule has 30 heavy (non-hydrogen) atoms. The Bertz CT molecular complexity index is 1240. The van der Waals surface area contributed by atoms with Crippen molar-refractivity contribution < 1.29 is 9.53 Å². The van der Waals surface area contributed by atoms with E-state index >= 15 is 0 Å². The molecule has 6 heteroatoms. The van der Waals surface area contributed by atoms with Crippen molar-refractivity contribution >= 4 is 49.1 Å². The molecule has 2 heterocycles. The Balaban J connectivity index is 1.58. The minimum atomic E-state index is -0.171. The standard InChI is InChI=1S/C24H21BrN2O2S/c1-14-15(2)23(26-16(3)21(14)29-13-17-9-5-4-6-10-17)27-24(28)22-20(25)18-11-7-8-12-19(18)30-22/h4-12H,13H2,1-3H3,(H,26,27,28). The Morgan fingerprint density at radius 3 is 2.47 bits per heavy atom. The number of nitrogens with one attached hydrogen (secondary N) is 1. The Morgan fingerprint density at radius 1 is 1.03 bits per heavy atom. The number of fused-ring (bicyclic) bond motifs is 1. The molecule has 0 aliphatic carbocycles. The van der Waals surface area contributed by atoms with Crippen molar-refractivity contribution in [2.45, 2.75) is 27.4 Å². The van der Waals surface area contributed by atoms with E-state index < -0.39 is 0 Å². The van der Waals surface area contributed by atoms with Crippen LogP contribution in [0, 0.1) is 20.8 Å². The van der Waals surface area contributed by atoms with E-state index in [4.69, 9.17) is 4.74 Å². The number of pyridine rings is 1. The summed E-state index contributed by atoms with van der Waals surface area (Å²) < 4.78 is 7.94. The van der Waals surface area contributed by atoms with Crippen LogP contribution in [0.4, 0.5) is 5.82 Å². The molecule has 0 saturated heterocycles. The van der Waals surface area contributed by atoms with Crippen molar-refractivity contribution in [1.29, 1.82) is 0 Å². The molecule has 2 aromatic heterocycles. The van der Waals surface area contributed by atoms with E-state index in [9.17, 15) is 4.79 Å².